The quantitative estimate of drug-likeness (QED) is 0.650. The highest BCUT2D eigenvalue weighted by Gasteiger charge is 2.45. The fourth-order valence-electron chi connectivity index (χ4n) is 2.17. The summed E-state index contributed by atoms with van der Waals surface area (Å²) in [7, 11) is 0. The van der Waals surface area contributed by atoms with Gasteiger partial charge >= 0.3 is 0 Å². The Labute approximate surface area is 67.6 Å². The number of aliphatic hydroxyl groups excluding tert-OH is 1. The van der Waals surface area contributed by atoms with Crippen molar-refractivity contribution < 1.29 is 9.84 Å². The van der Waals surface area contributed by atoms with Gasteiger partial charge in [-0.2, -0.15) is 0 Å². The van der Waals surface area contributed by atoms with Gasteiger partial charge in [0.1, 0.15) is 0 Å². The maximum absolute atomic E-state index is 9.30. The predicted molar refractivity (Wildman–Crippen MR) is 42.3 cm³/mol. The van der Waals surface area contributed by atoms with Crippen LogP contribution in [-0.2, 0) is 4.74 Å². The molecule has 1 heterocycles. The molecule has 0 aromatic carbocycles. The summed E-state index contributed by atoms with van der Waals surface area (Å²) in [5.41, 5.74) is 0.262. The lowest BCUT2D eigenvalue weighted by atomic mass is 9.76. The fraction of sp³-hybridized carbons (Fsp3) is 1.00. The van der Waals surface area contributed by atoms with Gasteiger partial charge in [-0.15, -0.1) is 0 Å². The Morgan fingerprint density at radius 3 is 2.36 bits per heavy atom. The maximum Gasteiger partial charge on any atom is 0.0491 e. The van der Waals surface area contributed by atoms with Crippen LogP contribution in [0.3, 0.4) is 0 Å². The van der Waals surface area contributed by atoms with E-state index < -0.39 is 0 Å². The minimum Gasteiger partial charge on any atom is -0.396 e. The highest BCUT2D eigenvalue weighted by Crippen LogP contribution is 2.50. The molecule has 2 heteroatoms. The zero-order chi connectivity index (χ0) is 7.73. The van der Waals surface area contributed by atoms with E-state index in [2.05, 4.69) is 0 Å². The van der Waals surface area contributed by atoms with E-state index >= 15 is 0 Å². The molecule has 0 amide bonds. The molecular formula is C9H16O2. The topological polar surface area (TPSA) is 29.5 Å². The molecule has 0 bridgehead atoms. The van der Waals surface area contributed by atoms with Gasteiger partial charge in [0.25, 0.3) is 0 Å². The molecule has 1 saturated heterocycles. The van der Waals surface area contributed by atoms with E-state index in [1.54, 1.807) is 0 Å². The van der Waals surface area contributed by atoms with Gasteiger partial charge < -0.3 is 9.84 Å². The van der Waals surface area contributed by atoms with E-state index in [1.165, 1.54) is 12.8 Å². The third kappa shape index (κ3) is 1.30. The average Bonchev–Trinajstić information content (AvgIpc) is 2.88. The molecule has 0 aromatic heterocycles. The highest BCUT2D eigenvalue weighted by atomic mass is 16.5. The third-order valence-corrected chi connectivity index (χ3v) is 3.25. The van der Waals surface area contributed by atoms with Gasteiger partial charge in [0.15, 0.2) is 0 Å². The van der Waals surface area contributed by atoms with Crippen molar-refractivity contribution in [3.05, 3.63) is 0 Å². The average molecular weight is 156 g/mol. The fourth-order valence-corrected chi connectivity index (χ4v) is 2.17. The Morgan fingerprint density at radius 2 is 1.91 bits per heavy atom. The summed E-state index contributed by atoms with van der Waals surface area (Å²) in [5, 5.41) is 9.30. The maximum atomic E-state index is 9.30. The Kier molecular flexibility index (Phi) is 1.90. The van der Waals surface area contributed by atoms with Crippen LogP contribution in [0.25, 0.3) is 0 Å². The molecule has 1 N–H and O–H groups in total. The van der Waals surface area contributed by atoms with Crippen molar-refractivity contribution in [1.82, 2.24) is 0 Å². The van der Waals surface area contributed by atoms with E-state index in [0.29, 0.717) is 6.61 Å². The molecule has 1 aliphatic heterocycles. The number of hydrogen-bond acceptors (Lipinski definition) is 2. The SMILES string of the molecule is OCC1(C2CC2)CCOCC1. The van der Waals surface area contributed by atoms with Crippen LogP contribution in [0.4, 0.5) is 0 Å². The lowest BCUT2D eigenvalue weighted by Crippen LogP contribution is -2.34. The number of aliphatic hydroxyl groups is 1. The van der Waals surface area contributed by atoms with Crippen molar-refractivity contribution in [2.24, 2.45) is 11.3 Å². The van der Waals surface area contributed by atoms with E-state index in [0.717, 1.165) is 32.0 Å². The van der Waals surface area contributed by atoms with Crippen molar-refractivity contribution in [3.8, 4) is 0 Å². The number of ether oxygens (including phenoxy) is 1. The van der Waals surface area contributed by atoms with E-state index in [9.17, 15) is 5.11 Å². The zero-order valence-corrected chi connectivity index (χ0v) is 6.88. The van der Waals surface area contributed by atoms with Gasteiger partial charge in [0.2, 0.25) is 0 Å². The van der Waals surface area contributed by atoms with Crippen molar-refractivity contribution in [3.63, 3.8) is 0 Å². The van der Waals surface area contributed by atoms with Crippen LogP contribution < -0.4 is 0 Å². The van der Waals surface area contributed by atoms with Crippen LogP contribution in [-0.4, -0.2) is 24.9 Å². The first kappa shape index (κ1) is 7.56. The molecule has 64 valence electrons. The Morgan fingerprint density at radius 1 is 1.27 bits per heavy atom. The lowest BCUT2D eigenvalue weighted by Gasteiger charge is -2.35. The van der Waals surface area contributed by atoms with Gasteiger partial charge in [-0.3, -0.25) is 0 Å². The Balaban J connectivity index is 2.01. The van der Waals surface area contributed by atoms with Gasteiger partial charge in [0.05, 0.1) is 0 Å². The van der Waals surface area contributed by atoms with Crippen LogP contribution in [0.15, 0.2) is 0 Å². The van der Waals surface area contributed by atoms with Gasteiger partial charge in [-0.1, -0.05) is 0 Å². The predicted octanol–water partition coefficient (Wildman–Crippen LogP) is 1.19. The first-order valence-electron chi connectivity index (χ1n) is 4.56. The summed E-state index contributed by atoms with van der Waals surface area (Å²) in [6.07, 6.45) is 4.82. The van der Waals surface area contributed by atoms with Crippen molar-refractivity contribution >= 4 is 0 Å². The molecule has 0 unspecified atom stereocenters. The summed E-state index contributed by atoms with van der Waals surface area (Å²) in [6, 6.07) is 0. The van der Waals surface area contributed by atoms with Crippen molar-refractivity contribution in [2.75, 3.05) is 19.8 Å². The lowest BCUT2D eigenvalue weighted by molar-refractivity contribution is -0.0287. The Hall–Kier alpha value is -0.0800. The first-order valence-corrected chi connectivity index (χ1v) is 4.56. The molecule has 2 rings (SSSR count). The minimum absolute atomic E-state index is 0.262. The largest absolute Gasteiger partial charge is 0.396 e. The molecule has 1 saturated carbocycles. The van der Waals surface area contributed by atoms with Gasteiger partial charge in [-0.05, 0) is 31.6 Å². The van der Waals surface area contributed by atoms with Gasteiger partial charge in [-0.25, -0.2) is 0 Å². The molecule has 0 atom stereocenters. The Bertz CT molecular complexity index is 134. The van der Waals surface area contributed by atoms with Crippen LogP contribution >= 0.6 is 0 Å². The zero-order valence-electron chi connectivity index (χ0n) is 6.88. The van der Waals surface area contributed by atoms with Crippen LogP contribution in [0.2, 0.25) is 0 Å². The van der Waals surface area contributed by atoms with Gasteiger partial charge in [0, 0.05) is 25.2 Å². The van der Waals surface area contributed by atoms with E-state index in [1.807, 2.05) is 0 Å². The summed E-state index contributed by atoms with van der Waals surface area (Å²) >= 11 is 0. The van der Waals surface area contributed by atoms with Crippen LogP contribution in [0, 0.1) is 11.3 Å². The second-order valence-electron chi connectivity index (χ2n) is 3.91. The normalized spacial score (nSPS) is 30.3. The monoisotopic (exact) mass is 156 g/mol. The van der Waals surface area contributed by atoms with E-state index in [-0.39, 0.29) is 5.41 Å². The molecule has 0 radical (unpaired) electrons. The minimum atomic E-state index is 0.262. The molecule has 0 spiro atoms. The van der Waals surface area contributed by atoms with Crippen LogP contribution in [0.5, 0.6) is 0 Å². The summed E-state index contributed by atoms with van der Waals surface area (Å²) < 4.78 is 5.29. The summed E-state index contributed by atoms with van der Waals surface area (Å²) in [4.78, 5) is 0. The molecular weight excluding hydrogens is 140 g/mol. The smallest absolute Gasteiger partial charge is 0.0491 e. The number of hydrogen-bond donors (Lipinski definition) is 1. The number of rotatable bonds is 2. The molecule has 1 aliphatic carbocycles. The second kappa shape index (κ2) is 2.76. The highest BCUT2D eigenvalue weighted by molar-refractivity contribution is 4.94. The van der Waals surface area contributed by atoms with Crippen LogP contribution in [0.1, 0.15) is 25.7 Å². The van der Waals surface area contributed by atoms with Crippen molar-refractivity contribution in [1.29, 1.82) is 0 Å². The van der Waals surface area contributed by atoms with E-state index in [4.69, 9.17) is 4.74 Å². The molecule has 11 heavy (non-hydrogen) atoms. The second-order valence-corrected chi connectivity index (χ2v) is 3.91. The molecule has 2 nitrogen and oxygen atoms in total. The van der Waals surface area contributed by atoms with Crippen molar-refractivity contribution in [2.45, 2.75) is 25.7 Å². The standard InChI is InChI=1S/C9H16O2/c10-7-9(8-1-2-8)3-5-11-6-4-9/h8,10H,1-7H2. The summed E-state index contributed by atoms with van der Waals surface area (Å²) in [6.45, 7) is 2.09. The third-order valence-electron chi connectivity index (χ3n) is 3.25. The first-order chi connectivity index (χ1) is 5.37. The molecule has 2 fully saturated rings. The molecule has 0 aromatic rings. The molecule has 2 aliphatic rings. The summed E-state index contributed by atoms with van der Waals surface area (Å²) in [5.74, 6) is 0.816.